The molecule has 0 aliphatic carbocycles. The van der Waals surface area contributed by atoms with E-state index in [0.29, 0.717) is 12.5 Å². The van der Waals surface area contributed by atoms with Gasteiger partial charge in [-0.1, -0.05) is 13.0 Å². The smallest absolute Gasteiger partial charge is 0.257 e. The Kier molecular flexibility index (Phi) is 3.91. The Hall–Kier alpha value is -1.49. The summed E-state index contributed by atoms with van der Waals surface area (Å²) in [5.74, 6) is -1.91. The van der Waals surface area contributed by atoms with Crippen molar-refractivity contribution in [2.24, 2.45) is 5.92 Å². The number of carbonyl (C=O) groups excluding carboxylic acids is 1. The molecular formula is C13H16F2N2O. The van der Waals surface area contributed by atoms with Crippen LogP contribution in [0.2, 0.25) is 0 Å². The highest BCUT2D eigenvalue weighted by Gasteiger charge is 2.23. The van der Waals surface area contributed by atoms with Gasteiger partial charge in [0.15, 0.2) is 0 Å². The van der Waals surface area contributed by atoms with Gasteiger partial charge in [0.1, 0.15) is 17.2 Å². The lowest BCUT2D eigenvalue weighted by Gasteiger charge is -2.28. The predicted molar refractivity (Wildman–Crippen MR) is 64.3 cm³/mol. The van der Waals surface area contributed by atoms with E-state index in [-0.39, 0.29) is 6.04 Å². The largest absolute Gasteiger partial charge is 0.348 e. The van der Waals surface area contributed by atoms with E-state index in [1.807, 2.05) is 0 Å². The molecular weight excluding hydrogens is 238 g/mol. The summed E-state index contributed by atoms with van der Waals surface area (Å²) in [5, 5.41) is 5.83. The third kappa shape index (κ3) is 2.85. The summed E-state index contributed by atoms with van der Waals surface area (Å²) in [6.07, 6.45) is 0.814. The molecule has 1 aromatic rings. The highest BCUT2D eigenvalue weighted by molar-refractivity contribution is 5.94. The highest BCUT2D eigenvalue weighted by Crippen LogP contribution is 2.14. The van der Waals surface area contributed by atoms with Gasteiger partial charge in [-0.25, -0.2) is 8.78 Å². The monoisotopic (exact) mass is 254 g/mol. The van der Waals surface area contributed by atoms with Crippen molar-refractivity contribution in [3.63, 3.8) is 0 Å². The molecule has 1 saturated heterocycles. The van der Waals surface area contributed by atoms with Crippen molar-refractivity contribution in [3.8, 4) is 0 Å². The molecule has 2 unspecified atom stereocenters. The minimum atomic E-state index is -0.829. The Labute approximate surface area is 105 Å². The molecule has 1 amide bonds. The number of halogens is 2. The third-order valence-electron chi connectivity index (χ3n) is 3.10. The molecule has 2 rings (SSSR count). The van der Waals surface area contributed by atoms with E-state index < -0.39 is 23.1 Å². The number of rotatable bonds is 2. The Morgan fingerprint density at radius 1 is 1.33 bits per heavy atom. The Morgan fingerprint density at radius 2 is 2.00 bits per heavy atom. The second kappa shape index (κ2) is 5.44. The van der Waals surface area contributed by atoms with Gasteiger partial charge in [-0.2, -0.15) is 0 Å². The van der Waals surface area contributed by atoms with Crippen LogP contribution in [0.15, 0.2) is 18.2 Å². The molecule has 1 aliphatic rings. The van der Waals surface area contributed by atoms with Gasteiger partial charge in [0, 0.05) is 12.6 Å². The first-order chi connectivity index (χ1) is 8.58. The van der Waals surface area contributed by atoms with Gasteiger partial charge in [0.25, 0.3) is 5.91 Å². The summed E-state index contributed by atoms with van der Waals surface area (Å²) in [7, 11) is 0. The lowest BCUT2D eigenvalue weighted by Crippen LogP contribution is -2.48. The van der Waals surface area contributed by atoms with Crippen LogP contribution < -0.4 is 10.6 Å². The first kappa shape index (κ1) is 13.0. The maximum Gasteiger partial charge on any atom is 0.257 e. The lowest BCUT2D eigenvalue weighted by molar-refractivity contribution is 0.0917. The molecule has 0 aromatic heterocycles. The maximum atomic E-state index is 13.4. The van der Waals surface area contributed by atoms with Crippen LogP contribution in [0.25, 0.3) is 0 Å². The molecule has 0 saturated carbocycles. The van der Waals surface area contributed by atoms with Gasteiger partial charge >= 0.3 is 0 Å². The quantitative estimate of drug-likeness (QED) is 0.843. The molecule has 3 nitrogen and oxygen atoms in total. The second-order valence-electron chi connectivity index (χ2n) is 4.77. The summed E-state index contributed by atoms with van der Waals surface area (Å²) in [6.45, 7) is 3.60. The maximum absolute atomic E-state index is 13.4. The summed E-state index contributed by atoms with van der Waals surface area (Å²) in [5.41, 5.74) is -0.504. The van der Waals surface area contributed by atoms with Crippen molar-refractivity contribution >= 4 is 5.91 Å². The zero-order valence-corrected chi connectivity index (χ0v) is 10.2. The number of piperidine rings is 1. The predicted octanol–water partition coefficient (Wildman–Crippen LogP) is 1.69. The van der Waals surface area contributed by atoms with E-state index >= 15 is 0 Å². The molecule has 0 spiro atoms. The van der Waals surface area contributed by atoms with Crippen molar-refractivity contribution in [2.45, 2.75) is 19.4 Å². The molecule has 2 N–H and O–H groups in total. The first-order valence-electron chi connectivity index (χ1n) is 6.03. The molecule has 2 atom stereocenters. The minimum Gasteiger partial charge on any atom is -0.348 e. The number of hydrogen-bond donors (Lipinski definition) is 2. The highest BCUT2D eigenvalue weighted by atomic mass is 19.1. The van der Waals surface area contributed by atoms with Gasteiger partial charge in [-0.05, 0) is 31.0 Å². The van der Waals surface area contributed by atoms with Crippen molar-refractivity contribution in [1.29, 1.82) is 0 Å². The van der Waals surface area contributed by atoms with Crippen molar-refractivity contribution in [2.75, 3.05) is 13.1 Å². The zero-order valence-electron chi connectivity index (χ0n) is 10.2. The normalized spacial score (nSPS) is 23.7. The average Bonchev–Trinajstić information content (AvgIpc) is 2.28. The number of amides is 1. The van der Waals surface area contributed by atoms with Crippen LogP contribution in [0.5, 0.6) is 0 Å². The van der Waals surface area contributed by atoms with Crippen molar-refractivity contribution in [3.05, 3.63) is 35.4 Å². The zero-order chi connectivity index (χ0) is 13.1. The minimum absolute atomic E-state index is 0.0831. The van der Waals surface area contributed by atoms with Gasteiger partial charge in [0.2, 0.25) is 0 Å². The van der Waals surface area contributed by atoms with E-state index in [2.05, 4.69) is 17.6 Å². The molecule has 1 aromatic carbocycles. The van der Waals surface area contributed by atoms with E-state index in [0.717, 1.165) is 25.1 Å². The van der Waals surface area contributed by atoms with Crippen molar-refractivity contribution < 1.29 is 13.6 Å². The summed E-state index contributed by atoms with van der Waals surface area (Å²) < 4.78 is 26.8. The summed E-state index contributed by atoms with van der Waals surface area (Å²) in [6, 6.07) is 3.32. The molecule has 1 fully saturated rings. The second-order valence-corrected chi connectivity index (χ2v) is 4.77. The van der Waals surface area contributed by atoms with E-state index in [4.69, 9.17) is 0 Å². The van der Waals surface area contributed by atoms with E-state index in [1.165, 1.54) is 6.07 Å². The molecule has 98 valence electrons. The number of hydrogen-bond acceptors (Lipinski definition) is 2. The van der Waals surface area contributed by atoms with E-state index in [1.54, 1.807) is 0 Å². The van der Waals surface area contributed by atoms with Crippen LogP contribution in [0, 0.1) is 17.6 Å². The van der Waals surface area contributed by atoms with Crippen LogP contribution in [0.1, 0.15) is 23.7 Å². The Balaban J connectivity index is 2.07. The Bertz CT molecular complexity index is 430. The van der Waals surface area contributed by atoms with Gasteiger partial charge in [0.05, 0.1) is 0 Å². The summed E-state index contributed by atoms with van der Waals surface area (Å²) in [4.78, 5) is 11.8. The fourth-order valence-corrected chi connectivity index (χ4v) is 2.24. The van der Waals surface area contributed by atoms with Crippen LogP contribution in [0.4, 0.5) is 8.78 Å². The fraction of sp³-hybridized carbons (Fsp3) is 0.462. The number of carbonyl (C=O) groups is 1. The standard InChI is InChI=1S/C13H16F2N2O/c1-8-5-9(7-16-6-8)17-13(18)12-10(14)3-2-4-11(12)15/h2-4,8-9,16H,5-7H2,1H3,(H,17,18). The summed E-state index contributed by atoms with van der Waals surface area (Å²) >= 11 is 0. The first-order valence-corrected chi connectivity index (χ1v) is 6.03. The van der Waals surface area contributed by atoms with Crippen LogP contribution in [0.3, 0.4) is 0 Å². The average molecular weight is 254 g/mol. The fourth-order valence-electron chi connectivity index (χ4n) is 2.24. The number of nitrogens with one attached hydrogen (secondary N) is 2. The van der Waals surface area contributed by atoms with E-state index in [9.17, 15) is 13.6 Å². The SMILES string of the molecule is CC1CNCC(NC(=O)c2c(F)cccc2F)C1. The molecule has 18 heavy (non-hydrogen) atoms. The topological polar surface area (TPSA) is 41.1 Å². The molecule has 0 radical (unpaired) electrons. The van der Waals surface area contributed by atoms with Crippen LogP contribution >= 0.6 is 0 Å². The van der Waals surface area contributed by atoms with Gasteiger partial charge in [-0.15, -0.1) is 0 Å². The van der Waals surface area contributed by atoms with Gasteiger partial charge in [-0.3, -0.25) is 4.79 Å². The molecule has 1 heterocycles. The lowest BCUT2D eigenvalue weighted by atomic mass is 9.97. The molecule has 5 heteroatoms. The third-order valence-corrected chi connectivity index (χ3v) is 3.10. The van der Waals surface area contributed by atoms with Crippen LogP contribution in [-0.4, -0.2) is 25.0 Å². The van der Waals surface area contributed by atoms with Crippen molar-refractivity contribution in [1.82, 2.24) is 10.6 Å². The van der Waals surface area contributed by atoms with Crippen LogP contribution in [-0.2, 0) is 0 Å². The Morgan fingerprint density at radius 3 is 2.61 bits per heavy atom. The van der Waals surface area contributed by atoms with Gasteiger partial charge < -0.3 is 10.6 Å². The molecule has 0 bridgehead atoms. The molecule has 1 aliphatic heterocycles. The number of benzene rings is 1.